The summed E-state index contributed by atoms with van der Waals surface area (Å²) in [5.74, 6) is -0.0167. The maximum atomic E-state index is 11.7. The van der Waals surface area contributed by atoms with Crippen molar-refractivity contribution in [2.45, 2.75) is 20.3 Å². The number of nitriles is 1. The Kier molecular flexibility index (Phi) is 5.89. The predicted molar refractivity (Wildman–Crippen MR) is 72.2 cm³/mol. The molecule has 18 heavy (non-hydrogen) atoms. The van der Waals surface area contributed by atoms with Crippen LogP contribution in [0, 0.1) is 11.3 Å². The van der Waals surface area contributed by atoms with Gasteiger partial charge in [-0.25, -0.2) is 0 Å². The number of hydrogen-bond donors (Lipinski definition) is 1. The van der Waals surface area contributed by atoms with Gasteiger partial charge in [0, 0.05) is 18.7 Å². The molecule has 1 amide bonds. The first-order chi connectivity index (χ1) is 8.69. The molecule has 1 aromatic rings. The molecule has 0 radical (unpaired) electrons. The Morgan fingerprint density at radius 2 is 2.11 bits per heavy atom. The molecule has 0 heterocycles. The fourth-order valence-electron chi connectivity index (χ4n) is 1.69. The Morgan fingerprint density at radius 1 is 1.39 bits per heavy atom. The van der Waals surface area contributed by atoms with Gasteiger partial charge >= 0.3 is 0 Å². The standard InChI is InChI=1S/C14H19N3O/c1-3-17(4-2)9-8-14(18)16-13-7-5-6-12(10-13)11-15/h5-7,10H,3-4,8-9H2,1-2H3,(H,16,18). The van der Waals surface area contributed by atoms with Crippen molar-refractivity contribution in [3.05, 3.63) is 29.8 Å². The molecule has 0 spiro atoms. The molecule has 96 valence electrons. The van der Waals surface area contributed by atoms with E-state index in [-0.39, 0.29) is 5.91 Å². The molecule has 0 aliphatic heterocycles. The number of carbonyl (C=O) groups excluding carboxylic acids is 1. The monoisotopic (exact) mass is 245 g/mol. The van der Waals surface area contributed by atoms with Crippen LogP contribution in [0.4, 0.5) is 5.69 Å². The second-order valence-corrected chi connectivity index (χ2v) is 4.02. The molecule has 0 saturated carbocycles. The second kappa shape index (κ2) is 7.46. The zero-order valence-corrected chi connectivity index (χ0v) is 10.9. The lowest BCUT2D eigenvalue weighted by Crippen LogP contribution is -2.27. The van der Waals surface area contributed by atoms with E-state index in [1.807, 2.05) is 6.07 Å². The van der Waals surface area contributed by atoms with E-state index in [1.54, 1.807) is 24.3 Å². The largest absolute Gasteiger partial charge is 0.326 e. The van der Waals surface area contributed by atoms with Crippen LogP contribution in [-0.4, -0.2) is 30.4 Å². The Hall–Kier alpha value is -1.86. The third-order valence-electron chi connectivity index (χ3n) is 2.82. The van der Waals surface area contributed by atoms with Gasteiger partial charge in [0.1, 0.15) is 0 Å². The van der Waals surface area contributed by atoms with E-state index in [0.29, 0.717) is 17.7 Å². The minimum Gasteiger partial charge on any atom is -0.326 e. The van der Waals surface area contributed by atoms with Crippen LogP contribution in [0.15, 0.2) is 24.3 Å². The van der Waals surface area contributed by atoms with Gasteiger partial charge in [0.2, 0.25) is 5.91 Å². The van der Waals surface area contributed by atoms with Crippen LogP contribution >= 0.6 is 0 Å². The van der Waals surface area contributed by atoms with Crippen LogP contribution in [-0.2, 0) is 4.79 Å². The van der Waals surface area contributed by atoms with Gasteiger partial charge in [0.15, 0.2) is 0 Å². The highest BCUT2D eigenvalue weighted by Gasteiger charge is 2.05. The average Bonchev–Trinajstić information content (AvgIpc) is 2.40. The quantitative estimate of drug-likeness (QED) is 0.836. The van der Waals surface area contributed by atoms with Gasteiger partial charge in [-0.3, -0.25) is 4.79 Å². The first kappa shape index (κ1) is 14.2. The Labute approximate surface area is 108 Å². The van der Waals surface area contributed by atoms with E-state index in [0.717, 1.165) is 19.6 Å². The molecule has 1 aromatic carbocycles. The SMILES string of the molecule is CCN(CC)CCC(=O)Nc1cccc(C#N)c1. The number of rotatable bonds is 6. The predicted octanol–water partition coefficient (Wildman–Crippen LogP) is 2.23. The molecular formula is C14H19N3O. The minimum absolute atomic E-state index is 0.0167. The number of amides is 1. The van der Waals surface area contributed by atoms with E-state index in [2.05, 4.69) is 24.1 Å². The highest BCUT2D eigenvalue weighted by Crippen LogP contribution is 2.10. The van der Waals surface area contributed by atoms with E-state index in [1.165, 1.54) is 0 Å². The molecule has 4 nitrogen and oxygen atoms in total. The van der Waals surface area contributed by atoms with Crippen molar-refractivity contribution in [1.29, 1.82) is 5.26 Å². The number of benzene rings is 1. The van der Waals surface area contributed by atoms with Gasteiger partial charge in [0.25, 0.3) is 0 Å². The lowest BCUT2D eigenvalue weighted by Gasteiger charge is -2.17. The summed E-state index contributed by atoms with van der Waals surface area (Å²) >= 11 is 0. The van der Waals surface area contributed by atoms with Crippen LogP contribution in [0.5, 0.6) is 0 Å². The molecule has 0 aromatic heterocycles. The van der Waals surface area contributed by atoms with E-state index in [9.17, 15) is 4.79 Å². The Bertz CT molecular complexity index is 433. The number of hydrogen-bond acceptors (Lipinski definition) is 3. The Balaban J connectivity index is 2.47. The van der Waals surface area contributed by atoms with Crippen LogP contribution in [0.3, 0.4) is 0 Å². The smallest absolute Gasteiger partial charge is 0.225 e. The fourth-order valence-corrected chi connectivity index (χ4v) is 1.69. The van der Waals surface area contributed by atoms with Crippen LogP contribution < -0.4 is 5.32 Å². The molecule has 4 heteroatoms. The molecule has 0 atom stereocenters. The minimum atomic E-state index is -0.0167. The van der Waals surface area contributed by atoms with Crippen molar-refractivity contribution in [2.75, 3.05) is 25.0 Å². The fraction of sp³-hybridized carbons (Fsp3) is 0.429. The number of carbonyl (C=O) groups is 1. The lowest BCUT2D eigenvalue weighted by atomic mass is 10.2. The summed E-state index contributed by atoms with van der Waals surface area (Å²) in [5.41, 5.74) is 1.23. The molecule has 0 aliphatic rings. The van der Waals surface area contributed by atoms with Crippen molar-refractivity contribution in [2.24, 2.45) is 0 Å². The molecule has 0 bridgehead atoms. The summed E-state index contributed by atoms with van der Waals surface area (Å²) in [6.45, 7) is 6.83. The highest BCUT2D eigenvalue weighted by molar-refractivity contribution is 5.90. The van der Waals surface area contributed by atoms with Gasteiger partial charge in [-0.05, 0) is 31.3 Å². The third-order valence-corrected chi connectivity index (χ3v) is 2.82. The average molecular weight is 245 g/mol. The summed E-state index contributed by atoms with van der Waals surface area (Å²) < 4.78 is 0. The third kappa shape index (κ3) is 4.56. The van der Waals surface area contributed by atoms with Crippen molar-refractivity contribution in [3.8, 4) is 6.07 Å². The zero-order chi connectivity index (χ0) is 13.4. The summed E-state index contributed by atoms with van der Waals surface area (Å²) in [4.78, 5) is 13.9. The molecule has 0 aliphatic carbocycles. The van der Waals surface area contributed by atoms with Crippen molar-refractivity contribution >= 4 is 11.6 Å². The number of anilines is 1. The summed E-state index contributed by atoms with van der Waals surface area (Å²) in [7, 11) is 0. The van der Waals surface area contributed by atoms with Gasteiger partial charge < -0.3 is 10.2 Å². The first-order valence-electron chi connectivity index (χ1n) is 6.22. The second-order valence-electron chi connectivity index (χ2n) is 4.02. The molecule has 0 fully saturated rings. The summed E-state index contributed by atoms with van der Waals surface area (Å²) in [5, 5.41) is 11.6. The maximum Gasteiger partial charge on any atom is 0.225 e. The number of nitrogens with one attached hydrogen (secondary N) is 1. The molecule has 1 rings (SSSR count). The van der Waals surface area contributed by atoms with Gasteiger partial charge in [0.05, 0.1) is 11.6 Å². The van der Waals surface area contributed by atoms with E-state index >= 15 is 0 Å². The van der Waals surface area contributed by atoms with Crippen molar-refractivity contribution in [1.82, 2.24) is 4.90 Å². The van der Waals surface area contributed by atoms with Gasteiger partial charge in [-0.2, -0.15) is 5.26 Å². The molecule has 0 unspecified atom stereocenters. The van der Waals surface area contributed by atoms with Crippen molar-refractivity contribution in [3.63, 3.8) is 0 Å². The zero-order valence-electron chi connectivity index (χ0n) is 10.9. The summed E-state index contributed by atoms with van der Waals surface area (Å²) in [6, 6.07) is 8.99. The Morgan fingerprint density at radius 3 is 2.72 bits per heavy atom. The normalized spacial score (nSPS) is 10.1. The van der Waals surface area contributed by atoms with Crippen LogP contribution in [0.2, 0.25) is 0 Å². The van der Waals surface area contributed by atoms with E-state index < -0.39 is 0 Å². The molecule has 1 N–H and O–H groups in total. The molecule has 0 saturated heterocycles. The van der Waals surface area contributed by atoms with Crippen LogP contribution in [0.1, 0.15) is 25.8 Å². The highest BCUT2D eigenvalue weighted by atomic mass is 16.1. The first-order valence-corrected chi connectivity index (χ1v) is 6.22. The van der Waals surface area contributed by atoms with Gasteiger partial charge in [-0.1, -0.05) is 19.9 Å². The van der Waals surface area contributed by atoms with Gasteiger partial charge in [-0.15, -0.1) is 0 Å². The number of nitrogens with zero attached hydrogens (tertiary/aromatic N) is 2. The lowest BCUT2D eigenvalue weighted by molar-refractivity contribution is -0.116. The maximum absolute atomic E-state index is 11.7. The molecular weight excluding hydrogens is 226 g/mol. The van der Waals surface area contributed by atoms with E-state index in [4.69, 9.17) is 5.26 Å². The van der Waals surface area contributed by atoms with Crippen LogP contribution in [0.25, 0.3) is 0 Å². The topological polar surface area (TPSA) is 56.1 Å². The summed E-state index contributed by atoms with van der Waals surface area (Å²) in [6.07, 6.45) is 0.471. The van der Waals surface area contributed by atoms with Crippen molar-refractivity contribution < 1.29 is 4.79 Å².